The Morgan fingerprint density at radius 2 is 2.06 bits per heavy atom. The largest absolute Gasteiger partial charge is 0.492 e. The fraction of sp³-hybridized carbons (Fsp3) is 0.900. The zero-order chi connectivity index (χ0) is 13.8. The Labute approximate surface area is 103 Å². The minimum atomic E-state index is -4.95. The number of hydroxylamine groups is 2. The van der Waals surface area contributed by atoms with Crippen molar-refractivity contribution in [3.8, 4) is 0 Å². The third-order valence-electron chi connectivity index (χ3n) is 2.81. The minimum Gasteiger partial charge on any atom is -0.396 e. The molecule has 1 aliphatic rings. The van der Waals surface area contributed by atoms with Crippen LogP contribution in [0.2, 0.25) is 0 Å². The third-order valence-corrected chi connectivity index (χ3v) is 2.81. The molecule has 18 heavy (non-hydrogen) atoms. The summed E-state index contributed by atoms with van der Waals surface area (Å²) in [5.41, 5.74) is 0. The van der Waals surface area contributed by atoms with E-state index in [2.05, 4.69) is 4.84 Å². The van der Waals surface area contributed by atoms with Gasteiger partial charge in [-0.05, 0) is 26.4 Å². The van der Waals surface area contributed by atoms with Crippen LogP contribution in [0.15, 0.2) is 0 Å². The summed E-state index contributed by atoms with van der Waals surface area (Å²) in [4.78, 5) is 16.7. The molecular weight excluding hydrogens is 253 g/mol. The number of hydrogen-bond acceptors (Lipinski definition) is 5. The van der Waals surface area contributed by atoms with Crippen LogP contribution in [0.4, 0.5) is 13.2 Å². The number of unbranched alkanes of at least 4 members (excludes halogenated alkanes) is 1. The summed E-state index contributed by atoms with van der Waals surface area (Å²) in [6.07, 6.45) is -3.42. The van der Waals surface area contributed by atoms with E-state index >= 15 is 0 Å². The number of aliphatic hydroxyl groups excluding tert-OH is 1. The first-order chi connectivity index (χ1) is 8.34. The first-order valence-corrected chi connectivity index (χ1v) is 5.69. The highest BCUT2D eigenvalue weighted by molar-refractivity contribution is 5.75. The smallest absolute Gasteiger partial charge is 0.396 e. The summed E-state index contributed by atoms with van der Waals surface area (Å²) in [7, 11) is 1.85. The lowest BCUT2D eigenvalue weighted by molar-refractivity contribution is -0.258. The number of halogens is 3. The molecule has 5 nitrogen and oxygen atoms in total. The topological polar surface area (TPSA) is 53.0 Å². The Morgan fingerprint density at radius 3 is 2.56 bits per heavy atom. The van der Waals surface area contributed by atoms with Crippen molar-refractivity contribution in [1.29, 1.82) is 0 Å². The second-order valence-electron chi connectivity index (χ2n) is 4.29. The molecular formula is C10H17F3N2O3. The van der Waals surface area contributed by atoms with Gasteiger partial charge in [-0.3, -0.25) is 0 Å². The van der Waals surface area contributed by atoms with E-state index in [0.29, 0.717) is 6.42 Å². The quantitative estimate of drug-likeness (QED) is 0.708. The maximum Gasteiger partial charge on any atom is 0.492 e. The van der Waals surface area contributed by atoms with Gasteiger partial charge in [0.15, 0.2) is 0 Å². The summed E-state index contributed by atoms with van der Waals surface area (Å²) in [5, 5.41) is 9.62. The van der Waals surface area contributed by atoms with Gasteiger partial charge in [-0.1, -0.05) is 0 Å². The Morgan fingerprint density at radius 1 is 1.44 bits per heavy atom. The molecule has 0 unspecified atom stereocenters. The summed E-state index contributed by atoms with van der Waals surface area (Å²) in [6, 6.07) is 0.0877. The molecule has 0 aromatic heterocycles. The van der Waals surface area contributed by atoms with Gasteiger partial charge < -0.3 is 14.8 Å². The number of alkyl halides is 3. The van der Waals surface area contributed by atoms with Crippen molar-refractivity contribution in [3.63, 3.8) is 0 Å². The molecule has 1 rings (SSSR count). The number of aliphatic hydroxyl groups is 1. The molecule has 1 N–H and O–H groups in total. The van der Waals surface area contributed by atoms with Crippen molar-refractivity contribution >= 4 is 5.97 Å². The fourth-order valence-electron chi connectivity index (χ4n) is 1.59. The SMILES string of the molecule is CN(CCCCO)C1CN(OC(=O)C(F)(F)F)C1. The lowest BCUT2D eigenvalue weighted by Crippen LogP contribution is -2.59. The molecule has 0 bridgehead atoms. The van der Waals surface area contributed by atoms with Crippen LogP contribution in [0.1, 0.15) is 12.8 Å². The fourth-order valence-corrected chi connectivity index (χ4v) is 1.59. The first-order valence-electron chi connectivity index (χ1n) is 5.69. The molecule has 0 saturated carbocycles. The van der Waals surface area contributed by atoms with Crippen LogP contribution in [0.25, 0.3) is 0 Å². The Bertz CT molecular complexity index is 280. The zero-order valence-corrected chi connectivity index (χ0v) is 10.1. The molecule has 1 heterocycles. The van der Waals surface area contributed by atoms with Gasteiger partial charge in [0.2, 0.25) is 0 Å². The van der Waals surface area contributed by atoms with Crippen molar-refractivity contribution in [3.05, 3.63) is 0 Å². The molecule has 0 aromatic rings. The van der Waals surface area contributed by atoms with Gasteiger partial charge in [-0.15, -0.1) is 5.06 Å². The Hall–Kier alpha value is -0.860. The maximum absolute atomic E-state index is 11.9. The molecule has 8 heteroatoms. The summed E-state index contributed by atoms with van der Waals surface area (Å²) in [5.74, 6) is -2.18. The van der Waals surface area contributed by atoms with E-state index in [0.717, 1.165) is 18.0 Å². The molecule has 0 radical (unpaired) electrons. The van der Waals surface area contributed by atoms with Gasteiger partial charge in [-0.2, -0.15) is 13.2 Å². The highest BCUT2D eigenvalue weighted by Crippen LogP contribution is 2.21. The number of hydrogen-bond donors (Lipinski definition) is 1. The lowest BCUT2D eigenvalue weighted by Gasteiger charge is -2.42. The highest BCUT2D eigenvalue weighted by Gasteiger charge is 2.44. The first kappa shape index (κ1) is 15.2. The van der Waals surface area contributed by atoms with E-state index in [1.807, 2.05) is 11.9 Å². The molecule has 106 valence electrons. The van der Waals surface area contributed by atoms with Crippen molar-refractivity contribution in [2.75, 3.05) is 33.3 Å². The third kappa shape index (κ3) is 4.43. The van der Waals surface area contributed by atoms with E-state index in [-0.39, 0.29) is 25.7 Å². The number of likely N-dealkylation sites (N-methyl/N-ethyl adjacent to an activating group) is 1. The minimum absolute atomic E-state index is 0.0877. The predicted octanol–water partition coefficient (Wildman–Crippen LogP) is 0.395. The number of carbonyl (C=O) groups is 1. The molecule has 0 spiro atoms. The van der Waals surface area contributed by atoms with E-state index in [1.54, 1.807) is 0 Å². The van der Waals surface area contributed by atoms with Crippen LogP contribution >= 0.6 is 0 Å². The van der Waals surface area contributed by atoms with Crippen molar-refractivity contribution < 1.29 is 27.9 Å². The van der Waals surface area contributed by atoms with Gasteiger partial charge in [0.25, 0.3) is 0 Å². The van der Waals surface area contributed by atoms with E-state index in [4.69, 9.17) is 5.11 Å². The Balaban J connectivity index is 2.17. The highest BCUT2D eigenvalue weighted by atomic mass is 19.4. The van der Waals surface area contributed by atoms with E-state index < -0.39 is 12.1 Å². The van der Waals surface area contributed by atoms with Crippen LogP contribution in [-0.4, -0.2) is 66.5 Å². The number of rotatable bonds is 6. The van der Waals surface area contributed by atoms with Gasteiger partial charge in [0, 0.05) is 12.6 Å². The second-order valence-corrected chi connectivity index (χ2v) is 4.29. The van der Waals surface area contributed by atoms with Crippen LogP contribution in [0.3, 0.4) is 0 Å². The number of carbonyl (C=O) groups excluding carboxylic acids is 1. The molecule has 0 aromatic carbocycles. The second kappa shape index (κ2) is 6.35. The van der Waals surface area contributed by atoms with E-state index in [9.17, 15) is 18.0 Å². The molecule has 0 atom stereocenters. The molecule has 0 amide bonds. The average Bonchev–Trinajstić information content (AvgIpc) is 2.21. The predicted molar refractivity (Wildman–Crippen MR) is 56.5 cm³/mol. The maximum atomic E-state index is 11.9. The molecule has 1 aliphatic heterocycles. The van der Waals surface area contributed by atoms with Gasteiger partial charge >= 0.3 is 12.1 Å². The van der Waals surface area contributed by atoms with Crippen LogP contribution in [-0.2, 0) is 9.63 Å². The van der Waals surface area contributed by atoms with Crippen molar-refractivity contribution in [2.45, 2.75) is 25.1 Å². The van der Waals surface area contributed by atoms with Crippen molar-refractivity contribution in [2.24, 2.45) is 0 Å². The van der Waals surface area contributed by atoms with Gasteiger partial charge in [-0.25, -0.2) is 4.79 Å². The normalized spacial score (nSPS) is 17.9. The van der Waals surface area contributed by atoms with Crippen LogP contribution < -0.4 is 0 Å². The average molecular weight is 270 g/mol. The van der Waals surface area contributed by atoms with Crippen LogP contribution in [0, 0.1) is 0 Å². The monoisotopic (exact) mass is 270 g/mol. The van der Waals surface area contributed by atoms with Crippen molar-refractivity contribution in [1.82, 2.24) is 9.96 Å². The number of nitrogens with zero attached hydrogens (tertiary/aromatic N) is 2. The van der Waals surface area contributed by atoms with Gasteiger partial charge in [0.1, 0.15) is 0 Å². The Kier molecular flexibility index (Phi) is 5.36. The lowest BCUT2D eigenvalue weighted by atomic mass is 10.1. The van der Waals surface area contributed by atoms with E-state index in [1.165, 1.54) is 0 Å². The standard InChI is InChI=1S/C10H17F3N2O3/c1-14(4-2-3-5-16)8-6-15(7-8)18-9(17)10(11,12)13/h8,16H,2-7H2,1H3. The van der Waals surface area contributed by atoms with Crippen LogP contribution in [0.5, 0.6) is 0 Å². The summed E-state index contributed by atoms with van der Waals surface area (Å²) < 4.78 is 35.7. The molecule has 1 saturated heterocycles. The molecule has 1 fully saturated rings. The summed E-state index contributed by atoms with van der Waals surface area (Å²) in [6.45, 7) is 1.44. The van der Waals surface area contributed by atoms with Gasteiger partial charge in [0.05, 0.1) is 13.1 Å². The zero-order valence-electron chi connectivity index (χ0n) is 10.1. The molecule has 0 aliphatic carbocycles. The summed E-state index contributed by atoms with van der Waals surface area (Å²) >= 11 is 0.